The summed E-state index contributed by atoms with van der Waals surface area (Å²) in [6.07, 6.45) is 3.06. The van der Waals surface area contributed by atoms with Gasteiger partial charge in [-0.15, -0.1) is 0 Å². The molecule has 0 amide bonds. The monoisotopic (exact) mass is 272 g/mol. The smallest absolute Gasteiger partial charge is 0.214 e. The van der Waals surface area contributed by atoms with Crippen LogP contribution in [0.3, 0.4) is 0 Å². The van der Waals surface area contributed by atoms with Crippen molar-refractivity contribution in [1.82, 2.24) is 0 Å². The van der Waals surface area contributed by atoms with Crippen molar-refractivity contribution >= 4 is 33.8 Å². The number of rotatable bonds is 8. The van der Waals surface area contributed by atoms with E-state index < -0.39 is 0 Å². The van der Waals surface area contributed by atoms with Crippen LogP contribution in [0.1, 0.15) is 33.1 Å². The van der Waals surface area contributed by atoms with Gasteiger partial charge in [0.2, 0.25) is 10.2 Å². The summed E-state index contributed by atoms with van der Waals surface area (Å²) in [5, 5.41) is 0.161. The van der Waals surface area contributed by atoms with Crippen molar-refractivity contribution in [2.45, 2.75) is 33.1 Å². The van der Waals surface area contributed by atoms with E-state index in [0.29, 0.717) is 11.1 Å². The zero-order chi connectivity index (χ0) is 13.3. The molecule has 0 N–H and O–H groups in total. The minimum atomic E-state index is 0.0804. The molecule has 0 radical (unpaired) electrons. The second-order valence-corrected chi connectivity index (χ2v) is 6.03. The Bertz CT molecular complexity index is 279. The minimum absolute atomic E-state index is 0.0804. The van der Waals surface area contributed by atoms with Crippen molar-refractivity contribution in [3.63, 3.8) is 0 Å². The largest absolute Gasteiger partial charge is 0.282 e. The van der Waals surface area contributed by atoms with Gasteiger partial charge >= 0.3 is 0 Å². The first-order valence-corrected chi connectivity index (χ1v) is 7.57. The summed E-state index contributed by atoms with van der Waals surface area (Å²) in [7, 11) is 0. The Morgan fingerprint density at radius 3 is 1.47 bits per heavy atom. The average Bonchev–Trinajstić information content (AvgIpc) is 2.26. The first-order valence-electron chi connectivity index (χ1n) is 5.60. The molecular formula is C13H20O2S2. The van der Waals surface area contributed by atoms with Crippen molar-refractivity contribution in [2.75, 3.05) is 11.5 Å². The number of thioether (sulfide) groups is 2. The van der Waals surface area contributed by atoms with Crippen LogP contribution >= 0.6 is 23.5 Å². The maximum Gasteiger partial charge on any atom is 0.214 e. The lowest BCUT2D eigenvalue weighted by molar-refractivity contribution is -0.108. The predicted octanol–water partition coefficient (Wildman–Crippen LogP) is 3.83. The molecule has 0 spiro atoms. The molecule has 0 rings (SSSR count). The fraction of sp³-hybridized carbons (Fsp3) is 0.538. The van der Waals surface area contributed by atoms with Gasteiger partial charge in [-0.3, -0.25) is 9.59 Å². The molecule has 0 atom stereocenters. The van der Waals surface area contributed by atoms with Crippen LogP contribution in [0, 0.1) is 0 Å². The maximum absolute atomic E-state index is 11.2. The highest BCUT2D eigenvalue weighted by molar-refractivity contribution is 8.14. The van der Waals surface area contributed by atoms with Gasteiger partial charge in [0.25, 0.3) is 0 Å². The van der Waals surface area contributed by atoms with E-state index in [1.165, 1.54) is 23.5 Å². The number of hydrogen-bond acceptors (Lipinski definition) is 4. The second kappa shape index (κ2) is 9.54. The predicted molar refractivity (Wildman–Crippen MR) is 78.4 cm³/mol. The molecule has 4 heteroatoms. The highest BCUT2D eigenvalue weighted by Gasteiger charge is 2.03. The van der Waals surface area contributed by atoms with Crippen LogP contribution in [-0.2, 0) is 9.59 Å². The zero-order valence-electron chi connectivity index (χ0n) is 10.6. The standard InChI is InChI=1S/C13H20O2S2/c1-10(2)12(14)16-8-6-5-7-9-17-13(15)11(3)4/h1,3,5-9H2,2,4H3. The summed E-state index contributed by atoms with van der Waals surface area (Å²) in [6.45, 7) is 10.7. The van der Waals surface area contributed by atoms with E-state index in [4.69, 9.17) is 0 Å². The third-order valence-electron chi connectivity index (χ3n) is 1.95. The van der Waals surface area contributed by atoms with E-state index in [-0.39, 0.29) is 10.2 Å². The van der Waals surface area contributed by atoms with E-state index in [9.17, 15) is 9.59 Å². The molecule has 0 aromatic rings. The van der Waals surface area contributed by atoms with Gasteiger partial charge in [0, 0.05) is 11.5 Å². The van der Waals surface area contributed by atoms with Gasteiger partial charge in [0.05, 0.1) is 0 Å². The van der Waals surface area contributed by atoms with E-state index in [2.05, 4.69) is 13.2 Å². The minimum Gasteiger partial charge on any atom is -0.282 e. The molecular weight excluding hydrogens is 252 g/mol. The third-order valence-corrected chi connectivity index (χ3v) is 4.16. The first-order chi connectivity index (χ1) is 7.95. The molecule has 0 bridgehead atoms. The SMILES string of the molecule is C=C(C)C(=O)SCCCCCSC(=O)C(=C)C. The quantitative estimate of drug-likeness (QED) is 0.497. The van der Waals surface area contributed by atoms with Crippen LogP contribution in [0.2, 0.25) is 0 Å². The number of carbonyl (C=O) groups excluding carboxylic acids is 2. The van der Waals surface area contributed by atoms with E-state index in [1.807, 2.05) is 0 Å². The lowest BCUT2D eigenvalue weighted by Gasteiger charge is -2.01. The number of carbonyl (C=O) groups is 2. The van der Waals surface area contributed by atoms with Crippen LogP contribution < -0.4 is 0 Å². The van der Waals surface area contributed by atoms with E-state index in [0.717, 1.165) is 30.8 Å². The summed E-state index contributed by atoms with van der Waals surface area (Å²) in [4.78, 5) is 22.4. The van der Waals surface area contributed by atoms with Crippen molar-refractivity contribution in [1.29, 1.82) is 0 Å². The zero-order valence-corrected chi connectivity index (χ0v) is 12.2. The molecule has 0 fully saturated rings. The Morgan fingerprint density at radius 2 is 1.18 bits per heavy atom. The molecule has 0 aromatic heterocycles. The summed E-state index contributed by atoms with van der Waals surface area (Å²) in [6, 6.07) is 0. The molecule has 0 saturated heterocycles. The number of hydrogen-bond donors (Lipinski definition) is 0. The fourth-order valence-electron chi connectivity index (χ4n) is 0.957. The Labute approximate surface area is 112 Å². The molecule has 0 heterocycles. The Hall–Kier alpha value is -0.480. The van der Waals surface area contributed by atoms with Gasteiger partial charge in [-0.05, 0) is 37.8 Å². The van der Waals surface area contributed by atoms with Crippen LogP contribution in [-0.4, -0.2) is 21.7 Å². The summed E-state index contributed by atoms with van der Waals surface area (Å²) >= 11 is 2.65. The van der Waals surface area contributed by atoms with Gasteiger partial charge in [-0.1, -0.05) is 43.1 Å². The molecule has 0 aromatic carbocycles. The van der Waals surface area contributed by atoms with Crippen molar-refractivity contribution in [2.24, 2.45) is 0 Å². The van der Waals surface area contributed by atoms with Gasteiger partial charge < -0.3 is 0 Å². The second-order valence-electron chi connectivity index (χ2n) is 3.89. The van der Waals surface area contributed by atoms with E-state index in [1.54, 1.807) is 13.8 Å². The van der Waals surface area contributed by atoms with Gasteiger partial charge in [-0.25, -0.2) is 0 Å². The van der Waals surface area contributed by atoms with Crippen molar-refractivity contribution < 1.29 is 9.59 Å². The molecule has 0 aliphatic rings. The lowest BCUT2D eigenvalue weighted by atomic mass is 10.3. The molecule has 0 aliphatic carbocycles. The van der Waals surface area contributed by atoms with Gasteiger partial charge in [-0.2, -0.15) is 0 Å². The van der Waals surface area contributed by atoms with Crippen molar-refractivity contribution in [3.05, 3.63) is 24.3 Å². The molecule has 0 aliphatic heterocycles. The normalized spacial score (nSPS) is 10.0. The first kappa shape index (κ1) is 16.5. The van der Waals surface area contributed by atoms with Crippen LogP contribution in [0.25, 0.3) is 0 Å². The fourth-order valence-corrected chi connectivity index (χ4v) is 2.52. The highest BCUT2D eigenvalue weighted by atomic mass is 32.2. The molecule has 0 saturated carbocycles. The van der Waals surface area contributed by atoms with Gasteiger partial charge in [0.1, 0.15) is 0 Å². The van der Waals surface area contributed by atoms with E-state index >= 15 is 0 Å². The average molecular weight is 272 g/mol. The molecule has 96 valence electrons. The highest BCUT2D eigenvalue weighted by Crippen LogP contribution is 2.14. The lowest BCUT2D eigenvalue weighted by Crippen LogP contribution is -1.95. The topological polar surface area (TPSA) is 34.1 Å². The van der Waals surface area contributed by atoms with Crippen molar-refractivity contribution in [3.8, 4) is 0 Å². The van der Waals surface area contributed by atoms with Crippen LogP contribution in [0.4, 0.5) is 0 Å². The molecule has 0 unspecified atom stereocenters. The number of unbranched alkanes of at least 4 members (excludes halogenated alkanes) is 2. The summed E-state index contributed by atoms with van der Waals surface area (Å²) < 4.78 is 0. The summed E-state index contributed by atoms with van der Waals surface area (Å²) in [5.41, 5.74) is 1.22. The van der Waals surface area contributed by atoms with Gasteiger partial charge in [0.15, 0.2) is 0 Å². The molecule has 2 nitrogen and oxygen atoms in total. The Morgan fingerprint density at radius 1 is 0.824 bits per heavy atom. The summed E-state index contributed by atoms with van der Waals surface area (Å²) in [5.74, 6) is 1.68. The Kier molecular flexibility index (Phi) is 9.27. The van der Waals surface area contributed by atoms with Crippen LogP contribution in [0.15, 0.2) is 24.3 Å². The Balaban J connectivity index is 3.36. The molecule has 17 heavy (non-hydrogen) atoms. The third kappa shape index (κ3) is 9.24. The maximum atomic E-state index is 11.2. The van der Waals surface area contributed by atoms with Crippen LogP contribution in [0.5, 0.6) is 0 Å².